The third kappa shape index (κ3) is 3.42. The summed E-state index contributed by atoms with van der Waals surface area (Å²) in [6.07, 6.45) is 1.34. The fourth-order valence-electron chi connectivity index (χ4n) is 2.87. The second kappa shape index (κ2) is 6.62. The van der Waals surface area contributed by atoms with Gasteiger partial charge in [0.05, 0.1) is 12.8 Å². The van der Waals surface area contributed by atoms with Crippen LogP contribution in [0.1, 0.15) is 38.1 Å². The lowest BCUT2D eigenvalue weighted by Crippen LogP contribution is -2.38. The Hall–Kier alpha value is -2.38. The molecule has 0 bridgehead atoms. The van der Waals surface area contributed by atoms with Crippen LogP contribution in [0.2, 0.25) is 0 Å². The molecule has 2 atom stereocenters. The summed E-state index contributed by atoms with van der Waals surface area (Å²) in [7, 11) is 1.61. The van der Waals surface area contributed by atoms with Crippen LogP contribution in [0.3, 0.4) is 0 Å². The predicted octanol–water partition coefficient (Wildman–Crippen LogP) is 0.944. The number of hydrogen-bond donors (Lipinski definition) is 2. The minimum absolute atomic E-state index is 0.135. The lowest BCUT2D eigenvalue weighted by Gasteiger charge is -2.29. The van der Waals surface area contributed by atoms with Gasteiger partial charge in [0, 0.05) is 19.5 Å². The number of aryl methyl sites for hydroxylation is 1. The second-order valence-electron chi connectivity index (χ2n) is 6.94. The first-order valence-electron chi connectivity index (χ1n) is 7.94. The summed E-state index contributed by atoms with van der Waals surface area (Å²) in [4.78, 5) is 36.8. The third-order valence-electron chi connectivity index (χ3n) is 4.25. The lowest BCUT2D eigenvalue weighted by atomic mass is 9.74. The fraction of sp³-hybridized carbons (Fsp3) is 0.625. The molecule has 2 N–H and O–H groups in total. The van der Waals surface area contributed by atoms with E-state index in [1.165, 1.54) is 10.9 Å². The monoisotopic (exact) mass is 336 g/mol. The van der Waals surface area contributed by atoms with E-state index < -0.39 is 17.8 Å². The maximum absolute atomic E-state index is 12.7. The van der Waals surface area contributed by atoms with Crippen LogP contribution >= 0.6 is 0 Å². The number of rotatable bonds is 4. The molecular formula is C16H24N4O4. The minimum Gasteiger partial charge on any atom is -0.462 e. The molecule has 1 aliphatic heterocycles. The van der Waals surface area contributed by atoms with Gasteiger partial charge in [-0.1, -0.05) is 20.8 Å². The SMILES string of the molecule is CCOC(=O)c1cnn(C)c1NC(=O)C1C(=O)NCC1C(C)(C)C. The van der Waals surface area contributed by atoms with E-state index in [4.69, 9.17) is 4.74 Å². The molecule has 0 spiro atoms. The zero-order valence-corrected chi connectivity index (χ0v) is 14.7. The fourth-order valence-corrected chi connectivity index (χ4v) is 2.87. The summed E-state index contributed by atoms with van der Waals surface area (Å²) >= 11 is 0. The molecule has 1 saturated heterocycles. The number of aromatic nitrogens is 2. The quantitative estimate of drug-likeness (QED) is 0.629. The average Bonchev–Trinajstić information content (AvgIpc) is 3.03. The summed E-state index contributed by atoms with van der Waals surface area (Å²) in [5.74, 6) is -2.03. The smallest absolute Gasteiger partial charge is 0.343 e. The van der Waals surface area contributed by atoms with Gasteiger partial charge in [0.15, 0.2) is 0 Å². The number of carbonyl (C=O) groups excluding carboxylic acids is 3. The van der Waals surface area contributed by atoms with E-state index in [1.807, 2.05) is 20.8 Å². The van der Waals surface area contributed by atoms with Crippen molar-refractivity contribution in [3.05, 3.63) is 11.8 Å². The van der Waals surface area contributed by atoms with E-state index in [0.717, 1.165) is 0 Å². The first-order chi connectivity index (χ1) is 11.2. The van der Waals surface area contributed by atoms with Crippen LogP contribution < -0.4 is 10.6 Å². The highest BCUT2D eigenvalue weighted by molar-refractivity contribution is 6.09. The van der Waals surface area contributed by atoms with Crippen LogP contribution in [0.15, 0.2) is 6.20 Å². The van der Waals surface area contributed by atoms with Gasteiger partial charge in [0.1, 0.15) is 17.3 Å². The molecule has 0 saturated carbocycles. The molecule has 2 amide bonds. The maximum atomic E-state index is 12.7. The zero-order valence-electron chi connectivity index (χ0n) is 14.7. The third-order valence-corrected chi connectivity index (χ3v) is 4.25. The summed E-state index contributed by atoms with van der Waals surface area (Å²) in [5, 5.41) is 9.40. The van der Waals surface area contributed by atoms with Gasteiger partial charge >= 0.3 is 5.97 Å². The second-order valence-corrected chi connectivity index (χ2v) is 6.94. The molecule has 1 aromatic heterocycles. The largest absolute Gasteiger partial charge is 0.462 e. The highest BCUT2D eigenvalue weighted by Crippen LogP contribution is 2.35. The minimum atomic E-state index is -0.810. The van der Waals surface area contributed by atoms with Crippen LogP contribution in [0.4, 0.5) is 5.82 Å². The van der Waals surface area contributed by atoms with Gasteiger partial charge < -0.3 is 15.4 Å². The molecular weight excluding hydrogens is 312 g/mol. The standard InChI is InChI=1S/C16H24N4O4/c1-6-24-15(23)9-7-18-20(5)12(9)19-14(22)11-10(16(2,3)4)8-17-13(11)21/h7,10-11H,6,8H2,1-5H3,(H,17,21)(H,19,22). The van der Waals surface area contributed by atoms with Crippen LogP contribution in [0.25, 0.3) is 0 Å². The number of ether oxygens (including phenoxy) is 1. The molecule has 8 nitrogen and oxygen atoms in total. The number of carbonyl (C=O) groups is 3. The van der Waals surface area contributed by atoms with Crippen molar-refractivity contribution in [3.8, 4) is 0 Å². The van der Waals surface area contributed by atoms with Gasteiger partial charge in [-0.05, 0) is 12.3 Å². The van der Waals surface area contributed by atoms with Crippen molar-refractivity contribution >= 4 is 23.6 Å². The Balaban J connectivity index is 2.25. The van der Waals surface area contributed by atoms with Gasteiger partial charge in [-0.15, -0.1) is 0 Å². The lowest BCUT2D eigenvalue weighted by molar-refractivity contribution is -0.132. The highest BCUT2D eigenvalue weighted by Gasteiger charge is 2.46. The van der Waals surface area contributed by atoms with E-state index in [1.54, 1.807) is 14.0 Å². The molecule has 1 fully saturated rings. The summed E-state index contributed by atoms with van der Waals surface area (Å²) < 4.78 is 6.34. The first-order valence-corrected chi connectivity index (χ1v) is 7.94. The number of nitrogens with one attached hydrogen (secondary N) is 2. The predicted molar refractivity (Wildman–Crippen MR) is 87.2 cm³/mol. The number of hydrogen-bond acceptors (Lipinski definition) is 5. The van der Waals surface area contributed by atoms with Crippen molar-refractivity contribution in [2.75, 3.05) is 18.5 Å². The van der Waals surface area contributed by atoms with Crippen molar-refractivity contribution in [3.63, 3.8) is 0 Å². The summed E-state index contributed by atoms with van der Waals surface area (Å²) in [5.41, 5.74) is -0.0455. The molecule has 2 rings (SSSR count). The van der Waals surface area contributed by atoms with Crippen LogP contribution in [0.5, 0.6) is 0 Å². The van der Waals surface area contributed by atoms with E-state index in [0.29, 0.717) is 6.54 Å². The summed E-state index contributed by atoms with van der Waals surface area (Å²) in [6.45, 7) is 8.35. The molecule has 1 aromatic rings. The van der Waals surface area contributed by atoms with Gasteiger partial charge in [-0.2, -0.15) is 5.10 Å². The Morgan fingerprint density at radius 1 is 1.46 bits per heavy atom. The van der Waals surface area contributed by atoms with E-state index >= 15 is 0 Å². The Kier molecular flexibility index (Phi) is 4.96. The number of amides is 2. The number of anilines is 1. The van der Waals surface area contributed by atoms with Crippen molar-refractivity contribution in [1.29, 1.82) is 0 Å². The van der Waals surface area contributed by atoms with Crippen LogP contribution in [0, 0.1) is 17.3 Å². The van der Waals surface area contributed by atoms with Crippen molar-refractivity contribution < 1.29 is 19.1 Å². The van der Waals surface area contributed by atoms with Crippen molar-refractivity contribution in [1.82, 2.24) is 15.1 Å². The van der Waals surface area contributed by atoms with Gasteiger partial charge in [0.25, 0.3) is 0 Å². The average molecular weight is 336 g/mol. The van der Waals surface area contributed by atoms with Crippen molar-refractivity contribution in [2.24, 2.45) is 24.3 Å². The normalized spacial score (nSPS) is 20.6. The molecule has 2 heterocycles. The van der Waals surface area contributed by atoms with E-state index in [2.05, 4.69) is 15.7 Å². The Morgan fingerprint density at radius 3 is 2.71 bits per heavy atom. The zero-order chi connectivity index (χ0) is 18.1. The molecule has 0 aliphatic carbocycles. The van der Waals surface area contributed by atoms with Gasteiger partial charge in [-0.3, -0.25) is 14.3 Å². The number of esters is 1. The van der Waals surface area contributed by atoms with E-state index in [9.17, 15) is 14.4 Å². The Bertz CT molecular complexity index is 660. The molecule has 2 unspecified atom stereocenters. The van der Waals surface area contributed by atoms with Crippen LogP contribution in [-0.4, -0.2) is 40.7 Å². The highest BCUT2D eigenvalue weighted by atomic mass is 16.5. The van der Waals surface area contributed by atoms with E-state index in [-0.39, 0.29) is 35.2 Å². The topological polar surface area (TPSA) is 102 Å². The van der Waals surface area contributed by atoms with Crippen molar-refractivity contribution in [2.45, 2.75) is 27.7 Å². The number of nitrogens with zero attached hydrogens (tertiary/aromatic N) is 2. The van der Waals surface area contributed by atoms with Gasteiger partial charge in [-0.25, -0.2) is 4.79 Å². The first kappa shape index (κ1) is 18.0. The molecule has 24 heavy (non-hydrogen) atoms. The molecule has 1 aliphatic rings. The molecule has 0 radical (unpaired) electrons. The molecule has 132 valence electrons. The Morgan fingerprint density at radius 2 is 2.12 bits per heavy atom. The Labute approximate surface area is 140 Å². The van der Waals surface area contributed by atoms with Gasteiger partial charge in [0.2, 0.25) is 11.8 Å². The molecule has 8 heteroatoms. The maximum Gasteiger partial charge on any atom is 0.343 e. The van der Waals surface area contributed by atoms with Crippen LogP contribution in [-0.2, 0) is 21.4 Å². The molecule has 0 aromatic carbocycles. The summed E-state index contributed by atoms with van der Waals surface area (Å²) in [6, 6.07) is 0.